The zero-order chi connectivity index (χ0) is 12.7. The number of thiophene rings is 1. The number of aromatic nitrogens is 1. The summed E-state index contributed by atoms with van der Waals surface area (Å²) in [6.45, 7) is 4.49. The van der Waals surface area contributed by atoms with E-state index in [1.165, 1.54) is 34.7 Å². The van der Waals surface area contributed by atoms with Gasteiger partial charge < -0.3 is 10.3 Å². The molecule has 2 heterocycles. The van der Waals surface area contributed by atoms with Crippen molar-refractivity contribution in [1.29, 1.82) is 0 Å². The lowest BCUT2D eigenvalue weighted by atomic mass is 9.93. The number of nitrogens with two attached hydrogens (primary N) is 1. The normalized spacial score (nSPS) is 20.7. The molecule has 2 N–H and O–H groups in total. The molecule has 96 valence electrons. The fraction of sp³-hybridized carbons (Fsp3) is 0.467. The monoisotopic (exact) mass is 260 g/mol. The van der Waals surface area contributed by atoms with E-state index in [-0.39, 0.29) is 6.04 Å². The fourth-order valence-electron chi connectivity index (χ4n) is 3.16. The lowest BCUT2D eigenvalue weighted by Crippen LogP contribution is -2.19. The zero-order valence-electron chi connectivity index (χ0n) is 11.0. The van der Waals surface area contributed by atoms with Crippen LogP contribution in [0.2, 0.25) is 0 Å². The molecule has 0 fully saturated rings. The van der Waals surface area contributed by atoms with Crippen LogP contribution in [0.3, 0.4) is 0 Å². The number of fused-ring (bicyclic) bond motifs is 1. The van der Waals surface area contributed by atoms with Crippen molar-refractivity contribution in [1.82, 2.24) is 4.57 Å². The van der Waals surface area contributed by atoms with Gasteiger partial charge in [0, 0.05) is 22.3 Å². The molecule has 0 radical (unpaired) electrons. The van der Waals surface area contributed by atoms with Crippen LogP contribution in [0.5, 0.6) is 0 Å². The SMILES string of the molecule is Cc1cc2c(n1C(C)c1cccs1)CCCC2N. The Bertz CT molecular complexity index is 539. The molecule has 1 aliphatic carbocycles. The molecule has 0 saturated carbocycles. The van der Waals surface area contributed by atoms with E-state index >= 15 is 0 Å². The molecule has 2 aromatic heterocycles. The van der Waals surface area contributed by atoms with Crippen LogP contribution in [0.1, 0.15) is 53.7 Å². The molecule has 2 nitrogen and oxygen atoms in total. The van der Waals surface area contributed by atoms with Crippen molar-refractivity contribution < 1.29 is 0 Å². The predicted octanol–water partition coefficient (Wildman–Crippen LogP) is 3.80. The predicted molar refractivity (Wildman–Crippen MR) is 77.2 cm³/mol. The second-order valence-corrected chi connectivity index (χ2v) is 6.23. The van der Waals surface area contributed by atoms with Crippen molar-refractivity contribution in [2.24, 2.45) is 5.73 Å². The van der Waals surface area contributed by atoms with Crippen molar-refractivity contribution in [2.75, 3.05) is 0 Å². The molecule has 0 bridgehead atoms. The Labute approximate surface area is 112 Å². The average Bonchev–Trinajstić information content (AvgIpc) is 2.96. The van der Waals surface area contributed by atoms with Gasteiger partial charge in [-0.1, -0.05) is 6.07 Å². The third kappa shape index (κ3) is 1.82. The third-order valence-electron chi connectivity index (χ3n) is 4.04. The van der Waals surface area contributed by atoms with Crippen molar-refractivity contribution in [2.45, 2.75) is 45.2 Å². The molecule has 0 saturated heterocycles. The van der Waals surface area contributed by atoms with Gasteiger partial charge in [0.2, 0.25) is 0 Å². The van der Waals surface area contributed by atoms with E-state index in [1.54, 1.807) is 0 Å². The maximum absolute atomic E-state index is 6.24. The van der Waals surface area contributed by atoms with Crippen molar-refractivity contribution in [3.05, 3.63) is 45.4 Å². The van der Waals surface area contributed by atoms with E-state index in [0.29, 0.717) is 6.04 Å². The third-order valence-corrected chi connectivity index (χ3v) is 5.08. The van der Waals surface area contributed by atoms with E-state index in [9.17, 15) is 0 Å². The molecule has 2 unspecified atom stereocenters. The molecule has 0 spiro atoms. The minimum atomic E-state index is 0.240. The summed E-state index contributed by atoms with van der Waals surface area (Å²) in [4.78, 5) is 1.43. The van der Waals surface area contributed by atoms with Crippen molar-refractivity contribution >= 4 is 11.3 Å². The molecule has 2 aromatic rings. The Hall–Kier alpha value is -1.06. The van der Waals surface area contributed by atoms with E-state index < -0.39 is 0 Å². The van der Waals surface area contributed by atoms with Crippen LogP contribution in [0.25, 0.3) is 0 Å². The Morgan fingerprint density at radius 2 is 2.33 bits per heavy atom. The number of nitrogens with zero attached hydrogens (tertiary/aromatic N) is 1. The largest absolute Gasteiger partial charge is 0.341 e. The van der Waals surface area contributed by atoms with E-state index in [0.717, 1.165) is 6.42 Å². The van der Waals surface area contributed by atoms with Gasteiger partial charge in [0.1, 0.15) is 0 Å². The second-order valence-electron chi connectivity index (χ2n) is 5.25. The Morgan fingerprint density at radius 1 is 1.50 bits per heavy atom. The summed E-state index contributed by atoms with van der Waals surface area (Å²) in [5.41, 5.74) is 10.4. The first-order valence-electron chi connectivity index (χ1n) is 6.68. The molecule has 3 heteroatoms. The molecular formula is C15H20N2S. The van der Waals surface area contributed by atoms with Gasteiger partial charge in [0.05, 0.1) is 6.04 Å². The van der Waals surface area contributed by atoms with Crippen molar-refractivity contribution in [3.63, 3.8) is 0 Å². The minimum absolute atomic E-state index is 0.240. The standard InChI is InChI=1S/C15H20N2S/c1-10-9-12-13(16)5-3-6-14(12)17(10)11(2)15-7-4-8-18-15/h4,7-9,11,13H,3,5-6,16H2,1-2H3. The first kappa shape index (κ1) is 12.0. The first-order chi connectivity index (χ1) is 8.68. The molecule has 0 aliphatic heterocycles. The van der Waals surface area contributed by atoms with Gasteiger partial charge in [0.15, 0.2) is 0 Å². The lowest BCUT2D eigenvalue weighted by Gasteiger charge is -2.24. The van der Waals surface area contributed by atoms with Crippen molar-refractivity contribution in [3.8, 4) is 0 Å². The van der Waals surface area contributed by atoms with E-state index in [4.69, 9.17) is 5.73 Å². The quantitative estimate of drug-likeness (QED) is 0.874. The Balaban J connectivity index is 2.07. The van der Waals surface area contributed by atoms with Crippen LogP contribution in [-0.2, 0) is 6.42 Å². The van der Waals surface area contributed by atoms with Crippen LogP contribution in [0, 0.1) is 6.92 Å². The van der Waals surface area contributed by atoms with Gasteiger partial charge in [-0.2, -0.15) is 0 Å². The second kappa shape index (κ2) is 4.56. The van der Waals surface area contributed by atoms with E-state index in [2.05, 4.69) is 42.0 Å². The molecule has 2 atom stereocenters. The first-order valence-corrected chi connectivity index (χ1v) is 7.56. The summed E-state index contributed by atoms with van der Waals surface area (Å²) in [6.07, 6.45) is 3.52. The maximum atomic E-state index is 6.24. The van der Waals surface area contributed by atoms with E-state index in [1.807, 2.05) is 11.3 Å². The highest BCUT2D eigenvalue weighted by atomic mass is 32.1. The van der Waals surface area contributed by atoms with Crippen LogP contribution < -0.4 is 5.73 Å². The summed E-state index contributed by atoms with van der Waals surface area (Å²) in [6, 6.07) is 7.32. The highest BCUT2D eigenvalue weighted by Crippen LogP contribution is 2.35. The highest BCUT2D eigenvalue weighted by molar-refractivity contribution is 7.10. The topological polar surface area (TPSA) is 30.9 Å². The van der Waals surface area contributed by atoms with Crippen LogP contribution in [0.15, 0.2) is 23.6 Å². The highest BCUT2D eigenvalue weighted by Gasteiger charge is 2.24. The Morgan fingerprint density at radius 3 is 3.06 bits per heavy atom. The lowest BCUT2D eigenvalue weighted by molar-refractivity contribution is 0.524. The zero-order valence-corrected chi connectivity index (χ0v) is 11.8. The summed E-state index contributed by atoms with van der Waals surface area (Å²) in [5.74, 6) is 0. The van der Waals surface area contributed by atoms with Gasteiger partial charge in [-0.25, -0.2) is 0 Å². The fourth-order valence-corrected chi connectivity index (χ4v) is 3.93. The number of rotatable bonds is 2. The van der Waals surface area contributed by atoms with Gasteiger partial charge in [0.25, 0.3) is 0 Å². The Kier molecular flexibility index (Phi) is 3.04. The number of aryl methyl sites for hydroxylation is 1. The van der Waals surface area contributed by atoms with Crippen LogP contribution in [-0.4, -0.2) is 4.57 Å². The van der Waals surface area contributed by atoms with Gasteiger partial charge in [-0.05, 0) is 56.2 Å². The average molecular weight is 260 g/mol. The van der Waals surface area contributed by atoms with Gasteiger partial charge >= 0.3 is 0 Å². The van der Waals surface area contributed by atoms with Crippen LogP contribution in [0.4, 0.5) is 0 Å². The molecule has 3 rings (SSSR count). The molecule has 0 amide bonds. The van der Waals surface area contributed by atoms with Crippen LogP contribution >= 0.6 is 11.3 Å². The summed E-state index contributed by atoms with van der Waals surface area (Å²) in [7, 11) is 0. The number of hydrogen-bond donors (Lipinski definition) is 1. The number of hydrogen-bond acceptors (Lipinski definition) is 2. The van der Waals surface area contributed by atoms with Gasteiger partial charge in [-0.3, -0.25) is 0 Å². The van der Waals surface area contributed by atoms with Gasteiger partial charge in [-0.15, -0.1) is 11.3 Å². The summed E-state index contributed by atoms with van der Waals surface area (Å²) in [5, 5.41) is 2.16. The summed E-state index contributed by atoms with van der Waals surface area (Å²) >= 11 is 1.84. The maximum Gasteiger partial charge on any atom is 0.0649 e. The molecule has 0 aromatic carbocycles. The molecule has 1 aliphatic rings. The molecule has 18 heavy (non-hydrogen) atoms. The minimum Gasteiger partial charge on any atom is -0.341 e. The smallest absolute Gasteiger partial charge is 0.0649 e. The molecular weight excluding hydrogens is 240 g/mol. The summed E-state index contributed by atoms with van der Waals surface area (Å²) < 4.78 is 2.49.